The highest BCUT2D eigenvalue weighted by Gasteiger charge is 2.28. The van der Waals surface area contributed by atoms with E-state index in [1.165, 1.54) is 0 Å². The molecule has 4 heteroatoms. The molecule has 1 unspecified atom stereocenters. The van der Waals surface area contributed by atoms with Crippen molar-refractivity contribution in [3.63, 3.8) is 0 Å². The van der Waals surface area contributed by atoms with E-state index < -0.39 is 0 Å². The minimum atomic E-state index is -0.323. The minimum Gasteiger partial charge on any atom is -0.349 e. The van der Waals surface area contributed by atoms with Crippen LogP contribution in [0.4, 0.5) is 0 Å². The third-order valence-corrected chi connectivity index (χ3v) is 4.21. The molecule has 0 aliphatic rings. The summed E-state index contributed by atoms with van der Waals surface area (Å²) >= 11 is 3.40. The van der Waals surface area contributed by atoms with Crippen molar-refractivity contribution in [2.45, 2.75) is 39.2 Å². The predicted molar refractivity (Wildman–Crippen MR) is 82.9 cm³/mol. The Bertz CT molecular complexity index is 417. The quantitative estimate of drug-likeness (QED) is 0.844. The van der Waals surface area contributed by atoms with Crippen LogP contribution in [0.3, 0.4) is 0 Å². The van der Waals surface area contributed by atoms with E-state index in [2.05, 4.69) is 35.1 Å². The molecule has 106 valence electrons. The van der Waals surface area contributed by atoms with Gasteiger partial charge in [0.2, 0.25) is 5.91 Å². The van der Waals surface area contributed by atoms with Crippen LogP contribution in [-0.4, -0.2) is 18.0 Å². The van der Waals surface area contributed by atoms with Crippen molar-refractivity contribution in [2.24, 2.45) is 11.7 Å². The molecule has 0 spiro atoms. The summed E-state index contributed by atoms with van der Waals surface area (Å²) in [5, 5.41) is 3.05. The lowest BCUT2D eigenvalue weighted by atomic mass is 9.88. The Balaban J connectivity index is 2.50. The summed E-state index contributed by atoms with van der Waals surface area (Å²) in [5.41, 5.74) is 6.60. The largest absolute Gasteiger partial charge is 0.349 e. The monoisotopic (exact) mass is 326 g/mol. The van der Waals surface area contributed by atoms with E-state index in [1.807, 2.05) is 31.2 Å². The van der Waals surface area contributed by atoms with Crippen molar-refractivity contribution in [2.75, 3.05) is 6.54 Å². The lowest BCUT2D eigenvalue weighted by Crippen LogP contribution is -2.55. The molecule has 0 aliphatic carbocycles. The van der Waals surface area contributed by atoms with Crippen LogP contribution in [0, 0.1) is 5.92 Å². The van der Waals surface area contributed by atoms with Crippen LogP contribution in [0.15, 0.2) is 28.7 Å². The molecule has 0 heterocycles. The maximum atomic E-state index is 12.0. The third kappa shape index (κ3) is 4.96. The van der Waals surface area contributed by atoms with Crippen molar-refractivity contribution in [3.05, 3.63) is 34.3 Å². The molecular formula is C15H23BrN2O. The molecule has 0 saturated heterocycles. The Kier molecular flexibility index (Phi) is 6.01. The van der Waals surface area contributed by atoms with Crippen molar-refractivity contribution in [1.82, 2.24) is 5.32 Å². The van der Waals surface area contributed by atoms with Crippen molar-refractivity contribution in [3.8, 4) is 0 Å². The Hall–Kier alpha value is -0.870. The summed E-state index contributed by atoms with van der Waals surface area (Å²) in [6.45, 7) is 6.59. The summed E-state index contributed by atoms with van der Waals surface area (Å²) < 4.78 is 1.05. The zero-order valence-electron chi connectivity index (χ0n) is 11.9. The SMILES string of the molecule is CC(C)C(C)(CN)NC(=O)CCc1ccc(Br)cc1. The number of halogens is 1. The van der Waals surface area contributed by atoms with Gasteiger partial charge >= 0.3 is 0 Å². The second-order valence-corrected chi connectivity index (χ2v) is 6.37. The maximum Gasteiger partial charge on any atom is 0.220 e. The molecule has 1 aromatic rings. The van der Waals surface area contributed by atoms with Gasteiger partial charge in [-0.15, -0.1) is 0 Å². The van der Waals surface area contributed by atoms with Gasteiger partial charge in [-0.1, -0.05) is 41.9 Å². The minimum absolute atomic E-state index is 0.0598. The molecule has 0 aromatic heterocycles. The van der Waals surface area contributed by atoms with Gasteiger partial charge in [0.05, 0.1) is 5.54 Å². The van der Waals surface area contributed by atoms with Crippen LogP contribution in [0.25, 0.3) is 0 Å². The van der Waals surface area contributed by atoms with Crippen LogP contribution in [0.1, 0.15) is 32.8 Å². The van der Waals surface area contributed by atoms with E-state index in [0.717, 1.165) is 16.5 Å². The van der Waals surface area contributed by atoms with Crippen molar-refractivity contribution < 1.29 is 4.79 Å². The Morgan fingerprint density at radius 2 is 1.95 bits per heavy atom. The molecule has 1 aromatic carbocycles. The third-order valence-electron chi connectivity index (χ3n) is 3.68. The molecular weight excluding hydrogens is 304 g/mol. The zero-order chi connectivity index (χ0) is 14.5. The molecule has 3 nitrogen and oxygen atoms in total. The first-order valence-electron chi connectivity index (χ1n) is 6.63. The van der Waals surface area contributed by atoms with Gasteiger partial charge in [-0.25, -0.2) is 0 Å². The second-order valence-electron chi connectivity index (χ2n) is 5.45. The fourth-order valence-electron chi connectivity index (χ4n) is 1.72. The van der Waals surface area contributed by atoms with Crippen LogP contribution in [0.2, 0.25) is 0 Å². The van der Waals surface area contributed by atoms with E-state index >= 15 is 0 Å². The molecule has 1 atom stereocenters. The van der Waals surface area contributed by atoms with Crippen molar-refractivity contribution >= 4 is 21.8 Å². The first-order valence-corrected chi connectivity index (χ1v) is 7.42. The highest BCUT2D eigenvalue weighted by molar-refractivity contribution is 9.10. The number of nitrogens with one attached hydrogen (secondary N) is 1. The van der Waals surface area contributed by atoms with Gasteiger partial charge in [0, 0.05) is 17.4 Å². The fraction of sp³-hybridized carbons (Fsp3) is 0.533. The fourth-order valence-corrected chi connectivity index (χ4v) is 1.99. The van der Waals surface area contributed by atoms with Gasteiger partial charge in [0.1, 0.15) is 0 Å². The summed E-state index contributed by atoms with van der Waals surface area (Å²) in [6, 6.07) is 8.04. The molecule has 19 heavy (non-hydrogen) atoms. The first-order chi connectivity index (χ1) is 8.87. The molecule has 0 radical (unpaired) electrons. The topological polar surface area (TPSA) is 55.1 Å². The average Bonchev–Trinajstić information content (AvgIpc) is 2.37. The first kappa shape index (κ1) is 16.2. The molecule has 1 rings (SSSR count). The molecule has 0 fully saturated rings. The molecule has 1 amide bonds. The van der Waals surface area contributed by atoms with Gasteiger partial charge in [-0.05, 0) is 37.0 Å². The number of carbonyl (C=O) groups is 1. The van der Waals surface area contributed by atoms with Gasteiger partial charge in [-0.2, -0.15) is 0 Å². The summed E-state index contributed by atoms with van der Waals surface area (Å²) in [6.07, 6.45) is 1.24. The second kappa shape index (κ2) is 7.06. The highest BCUT2D eigenvalue weighted by atomic mass is 79.9. The maximum absolute atomic E-state index is 12.0. The number of hydrogen-bond donors (Lipinski definition) is 2. The van der Waals surface area contributed by atoms with E-state index in [9.17, 15) is 4.79 Å². The Morgan fingerprint density at radius 3 is 2.42 bits per heavy atom. The van der Waals surface area contributed by atoms with Gasteiger partial charge < -0.3 is 11.1 Å². The molecule has 0 saturated carbocycles. The standard InChI is InChI=1S/C15H23BrN2O/c1-11(2)15(3,10-17)18-14(19)9-6-12-4-7-13(16)8-5-12/h4-5,7-8,11H,6,9-10,17H2,1-3H3,(H,18,19). The predicted octanol–water partition coefficient (Wildman–Crippen LogP) is 2.87. The lowest BCUT2D eigenvalue weighted by molar-refractivity contribution is -0.123. The number of amides is 1. The number of rotatable bonds is 6. The van der Waals surface area contributed by atoms with E-state index in [4.69, 9.17) is 5.73 Å². The number of aryl methyl sites for hydroxylation is 1. The summed E-state index contributed by atoms with van der Waals surface area (Å²) in [5.74, 6) is 0.374. The number of nitrogens with two attached hydrogens (primary N) is 1. The summed E-state index contributed by atoms with van der Waals surface area (Å²) in [7, 11) is 0. The Morgan fingerprint density at radius 1 is 1.37 bits per heavy atom. The van der Waals surface area contributed by atoms with E-state index in [0.29, 0.717) is 18.9 Å². The number of carbonyl (C=O) groups excluding carboxylic acids is 1. The van der Waals surface area contributed by atoms with Crippen LogP contribution >= 0.6 is 15.9 Å². The molecule has 0 aliphatic heterocycles. The van der Waals surface area contributed by atoms with Gasteiger partial charge in [-0.3, -0.25) is 4.79 Å². The Labute approximate surface area is 124 Å². The molecule has 3 N–H and O–H groups in total. The number of hydrogen-bond acceptors (Lipinski definition) is 2. The smallest absolute Gasteiger partial charge is 0.220 e. The lowest BCUT2D eigenvalue weighted by Gasteiger charge is -2.33. The van der Waals surface area contributed by atoms with Crippen molar-refractivity contribution in [1.29, 1.82) is 0 Å². The van der Waals surface area contributed by atoms with Gasteiger partial charge in [0.25, 0.3) is 0 Å². The van der Waals surface area contributed by atoms with Crippen LogP contribution in [0.5, 0.6) is 0 Å². The average molecular weight is 327 g/mol. The van der Waals surface area contributed by atoms with E-state index in [-0.39, 0.29) is 11.4 Å². The van der Waals surface area contributed by atoms with Crippen LogP contribution < -0.4 is 11.1 Å². The highest BCUT2D eigenvalue weighted by Crippen LogP contribution is 2.16. The van der Waals surface area contributed by atoms with Gasteiger partial charge in [0.15, 0.2) is 0 Å². The molecule has 0 bridgehead atoms. The number of benzene rings is 1. The zero-order valence-corrected chi connectivity index (χ0v) is 13.5. The van der Waals surface area contributed by atoms with Crippen LogP contribution in [-0.2, 0) is 11.2 Å². The van der Waals surface area contributed by atoms with E-state index in [1.54, 1.807) is 0 Å². The summed E-state index contributed by atoms with van der Waals surface area (Å²) in [4.78, 5) is 12.0. The normalized spacial score (nSPS) is 14.2.